The maximum absolute atomic E-state index is 12.3. The van der Waals surface area contributed by atoms with Crippen LogP contribution in [0.5, 0.6) is 11.5 Å². The molecule has 6 nitrogen and oxygen atoms in total. The molecule has 6 heteroatoms. The highest BCUT2D eigenvalue weighted by Gasteiger charge is 2.25. The highest BCUT2D eigenvalue weighted by atomic mass is 16.5. The summed E-state index contributed by atoms with van der Waals surface area (Å²) < 4.78 is 10.7. The van der Waals surface area contributed by atoms with Crippen LogP contribution in [0.1, 0.15) is 18.9 Å². The number of benzene rings is 2. The first kappa shape index (κ1) is 16.8. The van der Waals surface area contributed by atoms with Crippen molar-refractivity contribution in [1.82, 2.24) is 0 Å². The van der Waals surface area contributed by atoms with Gasteiger partial charge in [-0.2, -0.15) is 0 Å². The Morgan fingerprint density at radius 1 is 1.28 bits per heavy atom. The van der Waals surface area contributed by atoms with E-state index in [4.69, 9.17) is 9.47 Å². The predicted molar refractivity (Wildman–Crippen MR) is 95.1 cm³/mol. The number of para-hydroxylation sites is 1. The minimum atomic E-state index is -0.550. The van der Waals surface area contributed by atoms with Crippen molar-refractivity contribution in [3.8, 4) is 11.5 Å². The van der Waals surface area contributed by atoms with E-state index in [1.54, 1.807) is 32.2 Å². The number of aryl methyl sites for hydroxylation is 1. The van der Waals surface area contributed by atoms with Crippen LogP contribution in [-0.4, -0.2) is 25.0 Å². The van der Waals surface area contributed by atoms with Crippen molar-refractivity contribution in [2.75, 3.05) is 17.7 Å². The zero-order valence-electron chi connectivity index (χ0n) is 14.2. The summed E-state index contributed by atoms with van der Waals surface area (Å²) in [7, 11) is 1.61. The zero-order valence-corrected chi connectivity index (χ0v) is 14.2. The molecule has 0 spiro atoms. The van der Waals surface area contributed by atoms with Crippen LogP contribution in [0, 0.1) is 0 Å². The molecule has 1 atom stereocenters. The molecule has 2 aromatic carbocycles. The van der Waals surface area contributed by atoms with E-state index in [1.165, 1.54) is 0 Å². The third kappa shape index (κ3) is 3.91. The molecule has 2 amide bonds. The first-order valence-corrected chi connectivity index (χ1v) is 8.10. The Bertz CT molecular complexity index is 804. The Labute approximate surface area is 146 Å². The molecular weight excluding hydrogens is 320 g/mol. The van der Waals surface area contributed by atoms with Gasteiger partial charge in [-0.05, 0) is 43.2 Å². The van der Waals surface area contributed by atoms with Gasteiger partial charge in [0.2, 0.25) is 5.91 Å². The van der Waals surface area contributed by atoms with Crippen molar-refractivity contribution >= 4 is 23.2 Å². The van der Waals surface area contributed by atoms with Gasteiger partial charge in [0.05, 0.1) is 12.8 Å². The second kappa shape index (κ2) is 7.25. The SMILES string of the molecule is COc1cccc(CCC(=O)Nc2cccc3c2NC(=O)C(C)O3)c1. The Balaban J connectivity index is 1.65. The molecule has 0 saturated heterocycles. The molecule has 0 aromatic heterocycles. The highest BCUT2D eigenvalue weighted by molar-refractivity contribution is 6.04. The number of anilines is 2. The van der Waals surface area contributed by atoms with Crippen LogP contribution >= 0.6 is 0 Å². The topological polar surface area (TPSA) is 76.7 Å². The molecule has 2 aromatic rings. The lowest BCUT2D eigenvalue weighted by molar-refractivity contribution is -0.122. The summed E-state index contributed by atoms with van der Waals surface area (Å²) in [6.45, 7) is 1.68. The molecule has 25 heavy (non-hydrogen) atoms. The minimum Gasteiger partial charge on any atom is -0.497 e. The standard InChI is InChI=1S/C19H20N2O4/c1-12-19(23)21-18-15(7-4-8-16(18)25-12)20-17(22)10-9-13-5-3-6-14(11-13)24-2/h3-8,11-12H,9-10H2,1-2H3,(H,20,22)(H,21,23). The van der Waals surface area contributed by atoms with Crippen LogP contribution in [0.15, 0.2) is 42.5 Å². The van der Waals surface area contributed by atoms with E-state index in [2.05, 4.69) is 10.6 Å². The molecule has 0 saturated carbocycles. The summed E-state index contributed by atoms with van der Waals surface area (Å²) in [5.74, 6) is 0.955. The number of hydrogen-bond acceptors (Lipinski definition) is 4. The number of nitrogens with one attached hydrogen (secondary N) is 2. The fourth-order valence-electron chi connectivity index (χ4n) is 2.63. The van der Waals surface area contributed by atoms with Crippen LogP contribution in [0.4, 0.5) is 11.4 Å². The third-order valence-corrected chi connectivity index (χ3v) is 4.00. The number of carbonyl (C=O) groups excluding carboxylic acids is 2. The lowest BCUT2D eigenvalue weighted by Gasteiger charge is -2.25. The van der Waals surface area contributed by atoms with E-state index < -0.39 is 6.10 Å². The fourth-order valence-corrected chi connectivity index (χ4v) is 2.63. The maximum Gasteiger partial charge on any atom is 0.265 e. The summed E-state index contributed by atoms with van der Waals surface area (Å²) in [6, 6.07) is 12.9. The van der Waals surface area contributed by atoms with Crippen molar-refractivity contribution in [2.45, 2.75) is 25.9 Å². The molecular formula is C19H20N2O4. The average Bonchev–Trinajstić information content (AvgIpc) is 2.62. The van der Waals surface area contributed by atoms with Crippen molar-refractivity contribution < 1.29 is 19.1 Å². The first-order chi connectivity index (χ1) is 12.1. The quantitative estimate of drug-likeness (QED) is 0.877. The Hall–Kier alpha value is -3.02. The average molecular weight is 340 g/mol. The number of methoxy groups -OCH3 is 1. The van der Waals surface area contributed by atoms with Gasteiger partial charge in [-0.25, -0.2) is 0 Å². The number of ether oxygens (including phenoxy) is 2. The minimum absolute atomic E-state index is 0.135. The molecule has 3 rings (SSSR count). The fraction of sp³-hybridized carbons (Fsp3) is 0.263. The molecule has 0 fully saturated rings. The number of amides is 2. The summed E-state index contributed by atoms with van der Waals surface area (Å²) in [5.41, 5.74) is 2.06. The van der Waals surface area contributed by atoms with E-state index in [0.29, 0.717) is 30.0 Å². The van der Waals surface area contributed by atoms with Crippen LogP contribution in [0.2, 0.25) is 0 Å². The predicted octanol–water partition coefficient (Wildman–Crippen LogP) is 2.99. The largest absolute Gasteiger partial charge is 0.497 e. The second-order valence-electron chi connectivity index (χ2n) is 5.83. The number of rotatable bonds is 5. The summed E-state index contributed by atoms with van der Waals surface area (Å²) >= 11 is 0. The molecule has 2 N–H and O–H groups in total. The van der Waals surface area contributed by atoms with Gasteiger partial charge in [-0.15, -0.1) is 0 Å². The molecule has 0 radical (unpaired) electrons. The zero-order chi connectivity index (χ0) is 17.8. The van der Waals surface area contributed by atoms with E-state index in [9.17, 15) is 9.59 Å². The molecule has 1 unspecified atom stereocenters. The smallest absolute Gasteiger partial charge is 0.265 e. The van der Waals surface area contributed by atoms with Gasteiger partial charge in [-0.3, -0.25) is 9.59 Å². The van der Waals surface area contributed by atoms with Gasteiger partial charge in [0.1, 0.15) is 17.2 Å². The molecule has 0 aliphatic carbocycles. The molecule has 1 aliphatic heterocycles. The molecule has 1 heterocycles. The summed E-state index contributed by atoms with van der Waals surface area (Å²) in [6.07, 6.45) is 0.367. The van der Waals surface area contributed by atoms with Crippen LogP contribution in [0.3, 0.4) is 0 Å². The Morgan fingerprint density at radius 2 is 2.08 bits per heavy atom. The van der Waals surface area contributed by atoms with Gasteiger partial charge < -0.3 is 20.1 Å². The second-order valence-corrected chi connectivity index (χ2v) is 5.83. The van der Waals surface area contributed by atoms with Crippen LogP contribution < -0.4 is 20.1 Å². The van der Waals surface area contributed by atoms with Gasteiger partial charge in [0.25, 0.3) is 5.91 Å². The maximum atomic E-state index is 12.3. The Kier molecular flexibility index (Phi) is 4.88. The highest BCUT2D eigenvalue weighted by Crippen LogP contribution is 2.36. The van der Waals surface area contributed by atoms with Gasteiger partial charge in [-0.1, -0.05) is 18.2 Å². The monoisotopic (exact) mass is 340 g/mol. The number of hydrogen-bond donors (Lipinski definition) is 2. The number of carbonyl (C=O) groups is 2. The summed E-state index contributed by atoms with van der Waals surface area (Å²) in [4.78, 5) is 24.1. The lowest BCUT2D eigenvalue weighted by Crippen LogP contribution is -2.34. The van der Waals surface area contributed by atoms with E-state index in [1.807, 2.05) is 24.3 Å². The van der Waals surface area contributed by atoms with Crippen LogP contribution in [0.25, 0.3) is 0 Å². The van der Waals surface area contributed by atoms with E-state index in [0.717, 1.165) is 11.3 Å². The van der Waals surface area contributed by atoms with Crippen molar-refractivity contribution in [3.05, 3.63) is 48.0 Å². The molecule has 1 aliphatic rings. The van der Waals surface area contributed by atoms with Gasteiger partial charge >= 0.3 is 0 Å². The molecule has 130 valence electrons. The van der Waals surface area contributed by atoms with E-state index >= 15 is 0 Å². The van der Waals surface area contributed by atoms with E-state index in [-0.39, 0.29) is 11.8 Å². The van der Waals surface area contributed by atoms with Gasteiger partial charge in [0, 0.05) is 6.42 Å². The van der Waals surface area contributed by atoms with Crippen molar-refractivity contribution in [1.29, 1.82) is 0 Å². The Morgan fingerprint density at radius 3 is 2.88 bits per heavy atom. The van der Waals surface area contributed by atoms with Crippen molar-refractivity contribution in [3.63, 3.8) is 0 Å². The number of fused-ring (bicyclic) bond motifs is 1. The third-order valence-electron chi connectivity index (χ3n) is 4.00. The van der Waals surface area contributed by atoms with Crippen LogP contribution in [-0.2, 0) is 16.0 Å². The van der Waals surface area contributed by atoms with Crippen molar-refractivity contribution in [2.24, 2.45) is 0 Å². The van der Waals surface area contributed by atoms with Gasteiger partial charge in [0.15, 0.2) is 6.10 Å². The lowest BCUT2D eigenvalue weighted by atomic mass is 10.1. The summed E-state index contributed by atoms with van der Waals surface area (Å²) in [5, 5.41) is 5.62. The normalized spacial score (nSPS) is 15.6. The first-order valence-electron chi connectivity index (χ1n) is 8.10. The molecule has 0 bridgehead atoms.